The third kappa shape index (κ3) is 3.19. The molecule has 1 N–H and O–H groups in total. The first-order valence-electron chi connectivity index (χ1n) is 7.84. The number of carbonyl (C=O) groups is 3. The second kappa shape index (κ2) is 5.66. The minimum atomic E-state index is -0.801. The molecule has 2 unspecified atom stereocenters. The number of aliphatic carboxylic acids is 1. The molecule has 3 fully saturated rings. The number of piperidine rings is 1. The highest BCUT2D eigenvalue weighted by molar-refractivity contribution is 5.89. The Morgan fingerprint density at radius 2 is 1.95 bits per heavy atom. The zero-order valence-electron chi connectivity index (χ0n) is 12.2. The van der Waals surface area contributed by atoms with E-state index in [2.05, 4.69) is 0 Å². The Bertz CT molecular complexity index is 461. The summed E-state index contributed by atoms with van der Waals surface area (Å²) in [6, 6.07) is 0.372. The molecule has 0 aromatic heterocycles. The van der Waals surface area contributed by atoms with Crippen molar-refractivity contribution in [2.45, 2.75) is 44.6 Å². The van der Waals surface area contributed by atoms with Crippen molar-refractivity contribution in [2.24, 2.45) is 11.8 Å². The molecule has 0 aromatic carbocycles. The summed E-state index contributed by atoms with van der Waals surface area (Å²) in [4.78, 5) is 39.0. The molecule has 21 heavy (non-hydrogen) atoms. The van der Waals surface area contributed by atoms with Crippen LogP contribution < -0.4 is 0 Å². The van der Waals surface area contributed by atoms with Gasteiger partial charge in [-0.2, -0.15) is 0 Å². The van der Waals surface area contributed by atoms with Crippen LogP contribution >= 0.6 is 0 Å². The number of amides is 2. The lowest BCUT2D eigenvalue weighted by atomic mass is 9.93. The topological polar surface area (TPSA) is 77.9 Å². The van der Waals surface area contributed by atoms with Crippen molar-refractivity contribution >= 4 is 17.8 Å². The summed E-state index contributed by atoms with van der Waals surface area (Å²) in [5.74, 6) is -0.819. The van der Waals surface area contributed by atoms with Crippen molar-refractivity contribution in [3.63, 3.8) is 0 Å². The standard InChI is InChI=1S/C15H22N2O4/c18-13-7-11(9-17(13)12-3-4-12)15(21)16-5-1-2-10(8-16)6-14(19)20/h10-12H,1-9H2,(H,19,20). The number of likely N-dealkylation sites (tertiary alicyclic amines) is 2. The van der Waals surface area contributed by atoms with Gasteiger partial charge in [0, 0.05) is 38.5 Å². The first-order chi connectivity index (χ1) is 10.0. The van der Waals surface area contributed by atoms with Crippen molar-refractivity contribution in [2.75, 3.05) is 19.6 Å². The Labute approximate surface area is 124 Å². The summed E-state index contributed by atoms with van der Waals surface area (Å²) in [6.45, 7) is 1.78. The SMILES string of the molecule is O=C(O)CC1CCCN(C(=O)C2CC(=O)N(C3CC3)C2)C1. The van der Waals surface area contributed by atoms with E-state index in [1.165, 1.54) is 0 Å². The lowest BCUT2D eigenvalue weighted by Crippen LogP contribution is -2.44. The van der Waals surface area contributed by atoms with Crippen LogP contribution in [-0.4, -0.2) is 58.4 Å². The summed E-state index contributed by atoms with van der Waals surface area (Å²) in [7, 11) is 0. The molecular formula is C15H22N2O4. The largest absolute Gasteiger partial charge is 0.481 e. The lowest BCUT2D eigenvalue weighted by Gasteiger charge is -2.33. The monoisotopic (exact) mass is 294 g/mol. The number of carbonyl (C=O) groups excluding carboxylic acids is 2. The molecule has 1 aliphatic carbocycles. The number of nitrogens with zero attached hydrogens (tertiary/aromatic N) is 2. The molecule has 6 nitrogen and oxygen atoms in total. The molecule has 0 aromatic rings. The Balaban J connectivity index is 1.57. The van der Waals surface area contributed by atoms with Crippen LogP contribution in [0.1, 0.15) is 38.5 Å². The van der Waals surface area contributed by atoms with E-state index in [0.29, 0.717) is 32.1 Å². The van der Waals surface area contributed by atoms with Crippen LogP contribution in [0.15, 0.2) is 0 Å². The van der Waals surface area contributed by atoms with E-state index in [9.17, 15) is 14.4 Å². The summed E-state index contributed by atoms with van der Waals surface area (Å²) in [5, 5.41) is 8.88. The Morgan fingerprint density at radius 1 is 1.19 bits per heavy atom. The van der Waals surface area contributed by atoms with Crippen LogP contribution in [0.5, 0.6) is 0 Å². The minimum absolute atomic E-state index is 0.0431. The van der Waals surface area contributed by atoms with Gasteiger partial charge in [0.15, 0.2) is 0 Å². The van der Waals surface area contributed by atoms with E-state index < -0.39 is 5.97 Å². The van der Waals surface area contributed by atoms with Gasteiger partial charge in [-0.3, -0.25) is 14.4 Å². The first-order valence-corrected chi connectivity index (χ1v) is 7.84. The van der Waals surface area contributed by atoms with Crippen molar-refractivity contribution < 1.29 is 19.5 Å². The Morgan fingerprint density at radius 3 is 2.62 bits per heavy atom. The maximum Gasteiger partial charge on any atom is 0.303 e. The zero-order valence-corrected chi connectivity index (χ0v) is 12.2. The molecule has 0 radical (unpaired) electrons. The molecule has 0 bridgehead atoms. The fourth-order valence-corrected chi connectivity index (χ4v) is 3.57. The van der Waals surface area contributed by atoms with E-state index in [1.807, 2.05) is 4.90 Å². The fraction of sp³-hybridized carbons (Fsp3) is 0.800. The maximum atomic E-state index is 12.6. The molecule has 116 valence electrons. The number of carboxylic acid groups (broad SMARTS) is 1. The van der Waals surface area contributed by atoms with Gasteiger partial charge < -0.3 is 14.9 Å². The molecular weight excluding hydrogens is 272 g/mol. The van der Waals surface area contributed by atoms with E-state index in [1.54, 1.807) is 4.90 Å². The first kappa shape index (κ1) is 14.4. The summed E-state index contributed by atoms with van der Waals surface area (Å²) >= 11 is 0. The molecule has 3 rings (SSSR count). The van der Waals surface area contributed by atoms with Crippen LogP contribution in [0.3, 0.4) is 0 Å². The van der Waals surface area contributed by atoms with Gasteiger partial charge in [0.2, 0.25) is 11.8 Å². The van der Waals surface area contributed by atoms with Gasteiger partial charge in [-0.25, -0.2) is 0 Å². The highest BCUT2D eigenvalue weighted by atomic mass is 16.4. The highest BCUT2D eigenvalue weighted by Gasteiger charge is 2.43. The van der Waals surface area contributed by atoms with Crippen LogP contribution in [0.25, 0.3) is 0 Å². The molecule has 6 heteroatoms. The van der Waals surface area contributed by atoms with Gasteiger partial charge >= 0.3 is 5.97 Å². The van der Waals surface area contributed by atoms with Crippen molar-refractivity contribution in [1.29, 1.82) is 0 Å². The van der Waals surface area contributed by atoms with Gasteiger partial charge in [-0.15, -0.1) is 0 Å². The van der Waals surface area contributed by atoms with E-state index in [0.717, 1.165) is 25.7 Å². The third-order valence-electron chi connectivity index (χ3n) is 4.79. The predicted octanol–water partition coefficient (Wildman–Crippen LogP) is 0.711. The maximum absolute atomic E-state index is 12.6. The Hall–Kier alpha value is -1.59. The number of hydrogen-bond acceptors (Lipinski definition) is 3. The fourth-order valence-electron chi connectivity index (χ4n) is 3.57. The zero-order chi connectivity index (χ0) is 15.0. The number of rotatable bonds is 4. The van der Waals surface area contributed by atoms with Gasteiger partial charge in [0.25, 0.3) is 0 Å². The summed E-state index contributed by atoms with van der Waals surface area (Å²) < 4.78 is 0. The lowest BCUT2D eigenvalue weighted by molar-refractivity contribution is -0.142. The average Bonchev–Trinajstić information content (AvgIpc) is 3.20. The average molecular weight is 294 g/mol. The van der Waals surface area contributed by atoms with Crippen molar-refractivity contribution in [3.05, 3.63) is 0 Å². The van der Waals surface area contributed by atoms with Gasteiger partial charge in [-0.05, 0) is 31.6 Å². The quantitative estimate of drug-likeness (QED) is 0.828. The summed E-state index contributed by atoms with van der Waals surface area (Å²) in [5.41, 5.74) is 0. The van der Waals surface area contributed by atoms with E-state index in [-0.39, 0.29) is 30.1 Å². The van der Waals surface area contributed by atoms with E-state index >= 15 is 0 Å². The molecule has 2 atom stereocenters. The molecule has 2 amide bonds. The van der Waals surface area contributed by atoms with Crippen LogP contribution in [0, 0.1) is 11.8 Å². The molecule has 2 saturated heterocycles. The number of hydrogen-bond donors (Lipinski definition) is 1. The van der Waals surface area contributed by atoms with E-state index in [4.69, 9.17) is 5.11 Å². The minimum Gasteiger partial charge on any atom is -0.481 e. The van der Waals surface area contributed by atoms with Gasteiger partial charge in [0.05, 0.1) is 5.92 Å². The second-order valence-corrected chi connectivity index (χ2v) is 6.57. The number of carboxylic acids is 1. The Kier molecular flexibility index (Phi) is 3.87. The second-order valence-electron chi connectivity index (χ2n) is 6.57. The molecule has 1 saturated carbocycles. The molecule has 2 heterocycles. The molecule has 0 spiro atoms. The van der Waals surface area contributed by atoms with Crippen LogP contribution in [0.4, 0.5) is 0 Å². The normalized spacial score (nSPS) is 29.8. The van der Waals surface area contributed by atoms with Gasteiger partial charge in [0.1, 0.15) is 0 Å². The smallest absolute Gasteiger partial charge is 0.303 e. The van der Waals surface area contributed by atoms with Crippen LogP contribution in [-0.2, 0) is 14.4 Å². The van der Waals surface area contributed by atoms with Gasteiger partial charge in [-0.1, -0.05) is 0 Å². The van der Waals surface area contributed by atoms with Crippen molar-refractivity contribution in [3.8, 4) is 0 Å². The van der Waals surface area contributed by atoms with Crippen LogP contribution in [0.2, 0.25) is 0 Å². The highest BCUT2D eigenvalue weighted by Crippen LogP contribution is 2.33. The molecule has 3 aliphatic rings. The predicted molar refractivity (Wildman–Crippen MR) is 74.4 cm³/mol. The summed E-state index contributed by atoms with van der Waals surface area (Å²) in [6.07, 6.45) is 4.32. The third-order valence-corrected chi connectivity index (χ3v) is 4.79. The molecule has 2 aliphatic heterocycles. The van der Waals surface area contributed by atoms with Crippen molar-refractivity contribution in [1.82, 2.24) is 9.80 Å².